The van der Waals surface area contributed by atoms with Gasteiger partial charge in [-0.3, -0.25) is 4.79 Å². The van der Waals surface area contributed by atoms with E-state index in [1.54, 1.807) is 0 Å². The van der Waals surface area contributed by atoms with Gasteiger partial charge in [-0.05, 0) is 50.1 Å². The van der Waals surface area contributed by atoms with Crippen LogP contribution >= 0.6 is 0 Å². The first-order chi connectivity index (χ1) is 14.6. The monoisotopic (exact) mass is 405 g/mol. The Morgan fingerprint density at radius 1 is 1.07 bits per heavy atom. The van der Waals surface area contributed by atoms with Gasteiger partial charge in [0, 0.05) is 25.1 Å². The van der Waals surface area contributed by atoms with E-state index in [0.717, 1.165) is 28.3 Å². The van der Waals surface area contributed by atoms with Crippen LogP contribution in [0.1, 0.15) is 23.2 Å². The highest BCUT2D eigenvalue weighted by Gasteiger charge is 2.22. The van der Waals surface area contributed by atoms with E-state index >= 15 is 0 Å². The number of nitrogens with zero attached hydrogens (tertiary/aromatic N) is 3. The number of rotatable bonds is 6. The maximum atomic E-state index is 12.7. The lowest BCUT2D eigenvalue weighted by Crippen LogP contribution is -2.40. The van der Waals surface area contributed by atoms with Crippen molar-refractivity contribution in [1.29, 1.82) is 0 Å². The molecule has 2 heterocycles. The van der Waals surface area contributed by atoms with Crippen molar-refractivity contribution in [1.82, 2.24) is 14.7 Å². The summed E-state index contributed by atoms with van der Waals surface area (Å²) in [4.78, 5) is 14.6. The second-order valence-corrected chi connectivity index (χ2v) is 7.53. The summed E-state index contributed by atoms with van der Waals surface area (Å²) in [5.74, 6) is 1.55. The molecule has 0 saturated carbocycles. The molecule has 1 aliphatic heterocycles. The van der Waals surface area contributed by atoms with Crippen LogP contribution in [0.3, 0.4) is 0 Å². The fourth-order valence-electron chi connectivity index (χ4n) is 3.67. The number of ether oxygens (including phenoxy) is 2. The first-order valence-corrected chi connectivity index (χ1v) is 10.4. The van der Waals surface area contributed by atoms with Crippen LogP contribution in [0.2, 0.25) is 0 Å². The number of morpholine rings is 1. The van der Waals surface area contributed by atoms with Crippen LogP contribution in [0.15, 0.2) is 54.6 Å². The third kappa shape index (κ3) is 4.54. The lowest BCUT2D eigenvalue weighted by molar-refractivity contribution is -0.135. The van der Waals surface area contributed by atoms with Gasteiger partial charge in [0.25, 0.3) is 0 Å². The number of aryl methyl sites for hydroxylation is 2. The highest BCUT2D eigenvalue weighted by atomic mass is 16.5. The number of carbonyl (C=O) groups excluding carboxylic acids is 1. The van der Waals surface area contributed by atoms with Crippen LogP contribution in [0, 0.1) is 13.8 Å². The van der Waals surface area contributed by atoms with Crippen molar-refractivity contribution in [3.05, 3.63) is 71.4 Å². The highest BCUT2D eigenvalue weighted by Crippen LogP contribution is 2.31. The summed E-state index contributed by atoms with van der Waals surface area (Å²) < 4.78 is 13.5. The minimum atomic E-state index is 0.145. The van der Waals surface area contributed by atoms with Gasteiger partial charge in [-0.15, -0.1) is 0 Å². The Hall–Kier alpha value is -3.12. The molecule has 0 N–H and O–H groups in total. The molecule has 6 nitrogen and oxygen atoms in total. The van der Waals surface area contributed by atoms with Crippen LogP contribution in [-0.2, 0) is 16.0 Å². The van der Waals surface area contributed by atoms with Crippen molar-refractivity contribution >= 4 is 5.91 Å². The Labute approximate surface area is 177 Å². The Kier molecular flexibility index (Phi) is 6.14. The molecule has 0 unspecified atom stereocenters. The van der Waals surface area contributed by atoms with E-state index in [9.17, 15) is 4.79 Å². The van der Waals surface area contributed by atoms with Gasteiger partial charge in [0.15, 0.2) is 0 Å². The van der Waals surface area contributed by atoms with Gasteiger partial charge < -0.3 is 14.4 Å². The van der Waals surface area contributed by atoms with Crippen LogP contribution in [0.5, 0.6) is 11.6 Å². The van der Waals surface area contributed by atoms with Gasteiger partial charge >= 0.3 is 0 Å². The molecular formula is C24H27N3O3. The molecule has 156 valence electrons. The van der Waals surface area contributed by atoms with E-state index < -0.39 is 0 Å². The molecule has 2 aromatic carbocycles. The lowest BCUT2D eigenvalue weighted by atomic mass is 10.1. The quantitative estimate of drug-likeness (QED) is 0.620. The predicted octanol–water partition coefficient (Wildman–Crippen LogP) is 4.07. The molecule has 1 saturated heterocycles. The van der Waals surface area contributed by atoms with E-state index in [-0.39, 0.29) is 5.91 Å². The Morgan fingerprint density at radius 2 is 1.83 bits per heavy atom. The molecule has 1 aromatic heterocycles. The van der Waals surface area contributed by atoms with Gasteiger partial charge in [-0.1, -0.05) is 30.3 Å². The number of amides is 1. The smallest absolute Gasteiger partial charge is 0.226 e. The second-order valence-electron chi connectivity index (χ2n) is 7.53. The summed E-state index contributed by atoms with van der Waals surface area (Å²) in [6.07, 6.45) is 1.00. The molecule has 1 aliphatic rings. The summed E-state index contributed by atoms with van der Waals surface area (Å²) in [6, 6.07) is 17.8. The summed E-state index contributed by atoms with van der Waals surface area (Å²) >= 11 is 0. The Balaban J connectivity index is 1.64. The SMILES string of the molecule is Cc1cccc(-n2nc(C)c(CCC(=O)N3CCOCC3)c2Oc2ccccc2)c1. The largest absolute Gasteiger partial charge is 0.439 e. The van der Waals surface area contributed by atoms with E-state index in [4.69, 9.17) is 14.6 Å². The fraction of sp³-hybridized carbons (Fsp3) is 0.333. The highest BCUT2D eigenvalue weighted by molar-refractivity contribution is 5.76. The van der Waals surface area contributed by atoms with Gasteiger partial charge in [0.1, 0.15) is 5.75 Å². The van der Waals surface area contributed by atoms with Gasteiger partial charge in [-0.25, -0.2) is 4.68 Å². The van der Waals surface area contributed by atoms with Gasteiger partial charge in [-0.2, -0.15) is 5.10 Å². The molecule has 0 atom stereocenters. The van der Waals surface area contributed by atoms with E-state index in [1.165, 1.54) is 0 Å². The van der Waals surface area contributed by atoms with E-state index in [2.05, 4.69) is 19.1 Å². The number of benzene rings is 2. The first-order valence-electron chi connectivity index (χ1n) is 10.4. The average molecular weight is 405 g/mol. The zero-order valence-corrected chi connectivity index (χ0v) is 17.5. The van der Waals surface area contributed by atoms with Crippen molar-refractivity contribution in [3.8, 4) is 17.3 Å². The lowest BCUT2D eigenvalue weighted by Gasteiger charge is -2.26. The zero-order chi connectivity index (χ0) is 20.9. The first kappa shape index (κ1) is 20.2. The number of hydrogen-bond donors (Lipinski definition) is 0. The van der Waals surface area contributed by atoms with Gasteiger partial charge in [0.2, 0.25) is 11.8 Å². The van der Waals surface area contributed by atoms with Crippen LogP contribution < -0.4 is 4.74 Å². The predicted molar refractivity (Wildman–Crippen MR) is 115 cm³/mol. The fourth-order valence-corrected chi connectivity index (χ4v) is 3.67. The van der Waals surface area contributed by atoms with E-state index in [0.29, 0.717) is 45.0 Å². The summed E-state index contributed by atoms with van der Waals surface area (Å²) in [5.41, 5.74) is 3.92. The number of aromatic nitrogens is 2. The molecule has 0 radical (unpaired) electrons. The van der Waals surface area contributed by atoms with Crippen molar-refractivity contribution in [2.75, 3.05) is 26.3 Å². The van der Waals surface area contributed by atoms with Crippen molar-refractivity contribution in [3.63, 3.8) is 0 Å². The molecule has 3 aromatic rings. The molecule has 30 heavy (non-hydrogen) atoms. The Bertz CT molecular complexity index is 1010. The third-order valence-electron chi connectivity index (χ3n) is 5.29. The zero-order valence-electron chi connectivity index (χ0n) is 17.5. The molecule has 1 fully saturated rings. The standard InChI is InChI=1S/C24H27N3O3/c1-18-7-6-8-20(17-18)27-24(30-21-9-4-3-5-10-21)22(19(2)25-27)11-12-23(28)26-13-15-29-16-14-26/h3-10,17H,11-16H2,1-2H3. The van der Waals surface area contributed by atoms with Crippen molar-refractivity contribution < 1.29 is 14.3 Å². The number of hydrogen-bond acceptors (Lipinski definition) is 4. The molecule has 4 rings (SSSR count). The maximum Gasteiger partial charge on any atom is 0.226 e. The summed E-state index contributed by atoms with van der Waals surface area (Å²) in [7, 11) is 0. The van der Waals surface area contributed by atoms with Crippen molar-refractivity contribution in [2.45, 2.75) is 26.7 Å². The van der Waals surface area contributed by atoms with Crippen molar-refractivity contribution in [2.24, 2.45) is 0 Å². The summed E-state index contributed by atoms with van der Waals surface area (Å²) in [6.45, 7) is 6.57. The van der Waals surface area contributed by atoms with Crippen LogP contribution in [0.4, 0.5) is 0 Å². The molecular weight excluding hydrogens is 378 g/mol. The third-order valence-corrected chi connectivity index (χ3v) is 5.29. The second kappa shape index (κ2) is 9.13. The maximum absolute atomic E-state index is 12.7. The molecule has 0 aliphatic carbocycles. The number of para-hydroxylation sites is 1. The molecule has 6 heteroatoms. The topological polar surface area (TPSA) is 56.6 Å². The van der Waals surface area contributed by atoms with Crippen LogP contribution in [-0.4, -0.2) is 46.9 Å². The molecule has 0 spiro atoms. The van der Waals surface area contributed by atoms with E-state index in [1.807, 2.05) is 59.0 Å². The van der Waals surface area contributed by atoms with Gasteiger partial charge in [0.05, 0.1) is 24.6 Å². The van der Waals surface area contributed by atoms with Crippen LogP contribution in [0.25, 0.3) is 5.69 Å². The Morgan fingerprint density at radius 3 is 2.57 bits per heavy atom. The molecule has 1 amide bonds. The average Bonchev–Trinajstić information content (AvgIpc) is 3.08. The number of carbonyl (C=O) groups is 1. The minimum absolute atomic E-state index is 0.145. The molecule has 0 bridgehead atoms. The summed E-state index contributed by atoms with van der Waals surface area (Å²) in [5, 5.41) is 4.76. The normalized spacial score (nSPS) is 14.0. The minimum Gasteiger partial charge on any atom is -0.439 e.